The first-order valence-corrected chi connectivity index (χ1v) is 6.04. The third kappa shape index (κ3) is 4.28. The lowest BCUT2D eigenvalue weighted by molar-refractivity contribution is -0.143. The van der Waals surface area contributed by atoms with Crippen LogP contribution in [0.1, 0.15) is 18.9 Å². The molecule has 0 aliphatic heterocycles. The Hall–Kier alpha value is -2.04. The second-order valence-electron chi connectivity index (χ2n) is 4.51. The number of carboxylic acid groups (broad SMARTS) is 1. The summed E-state index contributed by atoms with van der Waals surface area (Å²) in [4.78, 5) is 24.1. The van der Waals surface area contributed by atoms with Crippen LogP contribution in [0.4, 0.5) is 0 Å². The van der Waals surface area contributed by atoms with Crippen molar-refractivity contribution in [3.8, 4) is 5.75 Å². The number of aliphatic carboxylic acids is 1. The number of hydrogen-bond donors (Lipinski definition) is 1. The number of carboxylic acids is 1. The van der Waals surface area contributed by atoms with Crippen molar-refractivity contribution in [2.75, 3.05) is 14.2 Å². The molecule has 0 fully saturated rings. The molecule has 0 aliphatic rings. The van der Waals surface area contributed by atoms with Crippen molar-refractivity contribution in [1.82, 2.24) is 4.90 Å². The standard InChI is InChI=1S/C14H19NO4/c1-10(8-13(16)17)14(18)15(2)9-11-6-4-5-7-12(11)19-3/h4-7,10H,8-9H2,1-3H3,(H,16,17). The van der Waals surface area contributed by atoms with Crippen LogP contribution in [0, 0.1) is 5.92 Å². The second-order valence-corrected chi connectivity index (χ2v) is 4.51. The SMILES string of the molecule is COc1ccccc1CN(C)C(=O)C(C)CC(=O)O. The largest absolute Gasteiger partial charge is 0.496 e. The van der Waals surface area contributed by atoms with E-state index in [9.17, 15) is 9.59 Å². The number of hydrogen-bond acceptors (Lipinski definition) is 3. The summed E-state index contributed by atoms with van der Waals surface area (Å²) in [5, 5.41) is 8.70. The smallest absolute Gasteiger partial charge is 0.304 e. The summed E-state index contributed by atoms with van der Waals surface area (Å²) in [6.45, 7) is 2.02. The van der Waals surface area contributed by atoms with E-state index in [0.29, 0.717) is 12.3 Å². The first kappa shape index (κ1) is 15.0. The molecule has 1 aromatic rings. The fraction of sp³-hybridized carbons (Fsp3) is 0.429. The van der Waals surface area contributed by atoms with Crippen molar-refractivity contribution in [3.05, 3.63) is 29.8 Å². The van der Waals surface area contributed by atoms with Gasteiger partial charge < -0.3 is 14.7 Å². The highest BCUT2D eigenvalue weighted by Gasteiger charge is 2.20. The van der Waals surface area contributed by atoms with Crippen LogP contribution in [0.5, 0.6) is 5.75 Å². The zero-order valence-electron chi connectivity index (χ0n) is 11.4. The summed E-state index contributed by atoms with van der Waals surface area (Å²) >= 11 is 0. The number of methoxy groups -OCH3 is 1. The summed E-state index contributed by atoms with van der Waals surface area (Å²) in [5.41, 5.74) is 0.892. The van der Waals surface area contributed by atoms with Gasteiger partial charge in [0.15, 0.2) is 0 Å². The van der Waals surface area contributed by atoms with E-state index in [4.69, 9.17) is 9.84 Å². The van der Waals surface area contributed by atoms with E-state index in [1.165, 1.54) is 4.90 Å². The van der Waals surface area contributed by atoms with Crippen LogP contribution in [0.2, 0.25) is 0 Å². The highest BCUT2D eigenvalue weighted by Crippen LogP contribution is 2.19. The lowest BCUT2D eigenvalue weighted by Crippen LogP contribution is -2.32. The molecule has 0 saturated carbocycles. The molecule has 1 unspecified atom stereocenters. The van der Waals surface area contributed by atoms with Gasteiger partial charge in [-0.05, 0) is 6.07 Å². The molecule has 0 saturated heterocycles. The fourth-order valence-corrected chi connectivity index (χ4v) is 1.89. The van der Waals surface area contributed by atoms with Gasteiger partial charge in [0.05, 0.1) is 13.5 Å². The Kier molecular flexibility index (Phi) is 5.36. The topological polar surface area (TPSA) is 66.8 Å². The van der Waals surface area contributed by atoms with Gasteiger partial charge in [0, 0.05) is 25.1 Å². The number of benzene rings is 1. The van der Waals surface area contributed by atoms with Crippen LogP contribution in [0.25, 0.3) is 0 Å². The number of rotatable bonds is 6. The quantitative estimate of drug-likeness (QED) is 0.851. The molecule has 0 radical (unpaired) electrons. The van der Waals surface area contributed by atoms with E-state index >= 15 is 0 Å². The Bertz CT molecular complexity index is 459. The highest BCUT2D eigenvalue weighted by molar-refractivity contribution is 5.82. The molecule has 19 heavy (non-hydrogen) atoms. The Balaban J connectivity index is 2.71. The Morgan fingerprint density at radius 1 is 1.37 bits per heavy atom. The van der Waals surface area contributed by atoms with Crippen molar-refractivity contribution >= 4 is 11.9 Å². The van der Waals surface area contributed by atoms with Gasteiger partial charge in [-0.3, -0.25) is 9.59 Å². The van der Waals surface area contributed by atoms with Gasteiger partial charge in [0.25, 0.3) is 0 Å². The number of nitrogens with zero attached hydrogens (tertiary/aromatic N) is 1. The van der Waals surface area contributed by atoms with E-state index in [2.05, 4.69) is 0 Å². The molecule has 1 amide bonds. The van der Waals surface area contributed by atoms with Gasteiger partial charge in [0.1, 0.15) is 5.75 Å². The van der Waals surface area contributed by atoms with Crippen LogP contribution in [-0.4, -0.2) is 36.0 Å². The van der Waals surface area contributed by atoms with Crippen LogP contribution in [-0.2, 0) is 16.1 Å². The van der Waals surface area contributed by atoms with Gasteiger partial charge >= 0.3 is 5.97 Å². The Morgan fingerprint density at radius 3 is 2.58 bits per heavy atom. The first-order valence-electron chi connectivity index (χ1n) is 6.04. The van der Waals surface area contributed by atoms with Gasteiger partial charge in [-0.1, -0.05) is 25.1 Å². The van der Waals surface area contributed by atoms with Crippen molar-refractivity contribution in [2.24, 2.45) is 5.92 Å². The lowest BCUT2D eigenvalue weighted by Gasteiger charge is -2.21. The summed E-state index contributed by atoms with van der Waals surface area (Å²) in [7, 11) is 3.24. The summed E-state index contributed by atoms with van der Waals surface area (Å²) in [6.07, 6.45) is -0.158. The van der Waals surface area contributed by atoms with Gasteiger partial charge in [-0.15, -0.1) is 0 Å². The lowest BCUT2D eigenvalue weighted by atomic mass is 10.1. The van der Waals surface area contributed by atoms with Crippen LogP contribution in [0.3, 0.4) is 0 Å². The third-order valence-electron chi connectivity index (χ3n) is 2.88. The van der Waals surface area contributed by atoms with Gasteiger partial charge in [-0.2, -0.15) is 0 Å². The van der Waals surface area contributed by atoms with Crippen molar-refractivity contribution in [1.29, 1.82) is 0 Å². The van der Waals surface area contributed by atoms with Gasteiger partial charge in [0.2, 0.25) is 5.91 Å². The summed E-state index contributed by atoms with van der Waals surface area (Å²) in [6, 6.07) is 7.44. The van der Waals surface area contributed by atoms with E-state index in [-0.39, 0.29) is 12.3 Å². The van der Waals surface area contributed by atoms with E-state index < -0.39 is 11.9 Å². The van der Waals surface area contributed by atoms with E-state index in [1.54, 1.807) is 21.1 Å². The summed E-state index contributed by atoms with van der Waals surface area (Å²) < 4.78 is 5.22. The average Bonchev–Trinajstić information content (AvgIpc) is 2.37. The van der Waals surface area contributed by atoms with Crippen molar-refractivity contribution < 1.29 is 19.4 Å². The molecule has 1 aromatic carbocycles. The van der Waals surface area contributed by atoms with Crippen LogP contribution < -0.4 is 4.74 Å². The van der Waals surface area contributed by atoms with Crippen LogP contribution >= 0.6 is 0 Å². The molecule has 0 spiro atoms. The number of para-hydroxylation sites is 1. The highest BCUT2D eigenvalue weighted by atomic mass is 16.5. The summed E-state index contributed by atoms with van der Waals surface area (Å²) in [5.74, 6) is -0.968. The Morgan fingerprint density at radius 2 is 2.00 bits per heavy atom. The third-order valence-corrected chi connectivity index (χ3v) is 2.88. The molecule has 104 valence electrons. The molecule has 0 aliphatic carbocycles. The molecule has 1 rings (SSSR count). The van der Waals surface area contributed by atoms with Crippen LogP contribution in [0.15, 0.2) is 24.3 Å². The predicted octanol–water partition coefficient (Wildman–Crippen LogP) is 1.76. The average molecular weight is 265 g/mol. The number of carbonyl (C=O) groups is 2. The number of amides is 1. The molecule has 5 nitrogen and oxygen atoms in total. The maximum Gasteiger partial charge on any atom is 0.304 e. The molecular formula is C14H19NO4. The minimum absolute atomic E-state index is 0.158. The zero-order chi connectivity index (χ0) is 14.4. The van der Waals surface area contributed by atoms with E-state index in [1.807, 2.05) is 24.3 Å². The van der Waals surface area contributed by atoms with E-state index in [0.717, 1.165) is 5.56 Å². The zero-order valence-corrected chi connectivity index (χ0v) is 11.4. The normalized spacial score (nSPS) is 11.7. The molecule has 0 bridgehead atoms. The Labute approximate surface area is 112 Å². The molecular weight excluding hydrogens is 246 g/mol. The molecule has 1 N–H and O–H groups in total. The maximum absolute atomic E-state index is 12.0. The molecule has 0 aromatic heterocycles. The molecule has 0 heterocycles. The second kappa shape index (κ2) is 6.78. The monoisotopic (exact) mass is 265 g/mol. The van der Waals surface area contributed by atoms with Crippen molar-refractivity contribution in [3.63, 3.8) is 0 Å². The van der Waals surface area contributed by atoms with Crippen molar-refractivity contribution in [2.45, 2.75) is 19.9 Å². The number of carbonyl (C=O) groups excluding carboxylic acids is 1. The maximum atomic E-state index is 12.0. The molecule has 1 atom stereocenters. The first-order chi connectivity index (χ1) is 8.95. The molecule has 5 heteroatoms. The fourth-order valence-electron chi connectivity index (χ4n) is 1.89. The minimum atomic E-state index is -0.966. The number of ether oxygens (including phenoxy) is 1. The van der Waals surface area contributed by atoms with Gasteiger partial charge in [-0.25, -0.2) is 0 Å². The predicted molar refractivity (Wildman–Crippen MR) is 70.9 cm³/mol. The minimum Gasteiger partial charge on any atom is -0.496 e.